The average Bonchev–Trinajstić information content (AvgIpc) is 2.76. The lowest BCUT2D eigenvalue weighted by atomic mass is 10.1. The summed E-state index contributed by atoms with van der Waals surface area (Å²) in [6, 6.07) is 14.7. The Hall–Kier alpha value is -2.13. The number of benzene rings is 2. The van der Waals surface area contributed by atoms with Crippen molar-refractivity contribution < 1.29 is 0 Å². The van der Waals surface area contributed by atoms with Gasteiger partial charge in [0.05, 0.1) is 11.0 Å². The number of aryl methyl sites for hydroxylation is 2. The normalized spacial score (nSPS) is 12.8. The number of hydrogen-bond donors (Lipinski definition) is 1. The molecule has 20 heavy (non-hydrogen) atoms. The van der Waals surface area contributed by atoms with Crippen LogP contribution < -0.4 is 5.73 Å². The average molecular weight is 265 g/mol. The molecule has 3 nitrogen and oxygen atoms in total. The lowest BCUT2D eigenvalue weighted by Gasteiger charge is -2.06. The summed E-state index contributed by atoms with van der Waals surface area (Å²) in [4.78, 5) is 4.75. The van der Waals surface area contributed by atoms with E-state index in [-0.39, 0.29) is 6.04 Å². The Morgan fingerprint density at radius 2 is 1.95 bits per heavy atom. The predicted molar refractivity (Wildman–Crippen MR) is 83.5 cm³/mol. The number of nitrogens with zero attached hydrogens (tertiary/aromatic N) is 2. The van der Waals surface area contributed by atoms with Crippen LogP contribution in [0.4, 0.5) is 0 Å². The van der Waals surface area contributed by atoms with Crippen LogP contribution in [0.1, 0.15) is 24.1 Å². The summed E-state index contributed by atoms with van der Waals surface area (Å²) in [5, 5.41) is 0. The fourth-order valence-corrected chi connectivity index (χ4v) is 2.53. The summed E-state index contributed by atoms with van der Waals surface area (Å²) in [6.07, 6.45) is 0. The van der Waals surface area contributed by atoms with Crippen molar-refractivity contribution in [2.75, 3.05) is 0 Å². The molecule has 0 saturated heterocycles. The SMILES string of the molecule is Cc1cccc(-c2nc3ccc(C(C)N)cc3n2C)c1. The number of rotatable bonds is 2. The second-order valence-corrected chi connectivity index (χ2v) is 5.40. The van der Waals surface area contributed by atoms with Crippen LogP contribution in [0.3, 0.4) is 0 Å². The van der Waals surface area contributed by atoms with Gasteiger partial charge in [0.2, 0.25) is 0 Å². The Kier molecular flexibility index (Phi) is 3.07. The van der Waals surface area contributed by atoms with Gasteiger partial charge in [0.1, 0.15) is 5.82 Å². The number of imidazole rings is 1. The molecule has 102 valence electrons. The van der Waals surface area contributed by atoms with E-state index in [1.807, 2.05) is 13.0 Å². The lowest BCUT2D eigenvalue weighted by Crippen LogP contribution is -2.04. The number of hydrogen-bond acceptors (Lipinski definition) is 2. The number of aromatic nitrogens is 2. The fourth-order valence-electron chi connectivity index (χ4n) is 2.53. The summed E-state index contributed by atoms with van der Waals surface area (Å²) >= 11 is 0. The molecule has 2 aromatic carbocycles. The topological polar surface area (TPSA) is 43.8 Å². The van der Waals surface area contributed by atoms with Gasteiger partial charge in [-0.3, -0.25) is 0 Å². The minimum atomic E-state index is 0.0386. The molecule has 0 aliphatic carbocycles. The van der Waals surface area contributed by atoms with E-state index >= 15 is 0 Å². The van der Waals surface area contributed by atoms with E-state index in [4.69, 9.17) is 10.7 Å². The lowest BCUT2D eigenvalue weighted by molar-refractivity contribution is 0.818. The Morgan fingerprint density at radius 3 is 2.65 bits per heavy atom. The molecule has 3 aromatic rings. The Morgan fingerprint density at radius 1 is 1.15 bits per heavy atom. The molecule has 3 rings (SSSR count). The van der Waals surface area contributed by atoms with Crippen molar-refractivity contribution >= 4 is 11.0 Å². The van der Waals surface area contributed by atoms with Crippen LogP contribution in [-0.4, -0.2) is 9.55 Å². The second kappa shape index (κ2) is 4.76. The van der Waals surface area contributed by atoms with Crippen molar-refractivity contribution in [1.29, 1.82) is 0 Å². The molecule has 0 aliphatic heterocycles. The van der Waals surface area contributed by atoms with Gasteiger partial charge >= 0.3 is 0 Å². The molecule has 0 spiro atoms. The summed E-state index contributed by atoms with van der Waals surface area (Å²) in [5.74, 6) is 0.991. The maximum absolute atomic E-state index is 5.96. The van der Waals surface area contributed by atoms with Crippen LogP contribution in [0.2, 0.25) is 0 Å². The maximum atomic E-state index is 5.96. The number of fused-ring (bicyclic) bond motifs is 1. The highest BCUT2D eigenvalue weighted by atomic mass is 15.1. The van der Waals surface area contributed by atoms with Gasteiger partial charge in [-0.25, -0.2) is 4.98 Å². The summed E-state index contributed by atoms with van der Waals surface area (Å²) in [6.45, 7) is 4.10. The molecule has 1 heterocycles. The minimum Gasteiger partial charge on any atom is -0.327 e. The van der Waals surface area contributed by atoms with E-state index in [1.54, 1.807) is 0 Å². The molecule has 1 aromatic heterocycles. The maximum Gasteiger partial charge on any atom is 0.140 e. The van der Waals surface area contributed by atoms with Crippen molar-refractivity contribution in [1.82, 2.24) is 9.55 Å². The largest absolute Gasteiger partial charge is 0.327 e. The van der Waals surface area contributed by atoms with Crippen LogP contribution in [0.25, 0.3) is 22.4 Å². The third kappa shape index (κ3) is 2.10. The van der Waals surface area contributed by atoms with Gasteiger partial charge in [-0.05, 0) is 37.6 Å². The van der Waals surface area contributed by atoms with Crippen molar-refractivity contribution in [3.05, 3.63) is 53.6 Å². The molecule has 0 fully saturated rings. The third-order valence-electron chi connectivity index (χ3n) is 3.71. The van der Waals surface area contributed by atoms with Crippen molar-refractivity contribution in [2.45, 2.75) is 19.9 Å². The monoisotopic (exact) mass is 265 g/mol. The zero-order valence-corrected chi connectivity index (χ0v) is 12.1. The first kappa shape index (κ1) is 12.9. The molecule has 2 N–H and O–H groups in total. The Labute approximate surface area is 119 Å². The summed E-state index contributed by atoms with van der Waals surface area (Å²) in [5.41, 5.74) is 11.6. The predicted octanol–water partition coefficient (Wildman–Crippen LogP) is 3.57. The van der Waals surface area contributed by atoms with E-state index in [9.17, 15) is 0 Å². The van der Waals surface area contributed by atoms with Crippen LogP contribution in [0.15, 0.2) is 42.5 Å². The van der Waals surface area contributed by atoms with Crippen LogP contribution in [-0.2, 0) is 7.05 Å². The first-order valence-electron chi connectivity index (χ1n) is 6.85. The first-order chi connectivity index (χ1) is 9.56. The smallest absolute Gasteiger partial charge is 0.140 e. The molecule has 0 aliphatic rings. The molecule has 0 radical (unpaired) electrons. The molecule has 0 bridgehead atoms. The molecule has 0 saturated carbocycles. The van der Waals surface area contributed by atoms with Gasteiger partial charge < -0.3 is 10.3 Å². The van der Waals surface area contributed by atoms with E-state index < -0.39 is 0 Å². The van der Waals surface area contributed by atoms with Crippen molar-refractivity contribution in [3.63, 3.8) is 0 Å². The van der Waals surface area contributed by atoms with Crippen LogP contribution >= 0.6 is 0 Å². The third-order valence-corrected chi connectivity index (χ3v) is 3.71. The van der Waals surface area contributed by atoms with Gasteiger partial charge in [0.25, 0.3) is 0 Å². The van der Waals surface area contributed by atoms with Gasteiger partial charge in [-0.2, -0.15) is 0 Å². The Bertz CT molecular complexity index is 769. The molecule has 1 unspecified atom stereocenters. The standard InChI is InChI=1S/C17H19N3/c1-11-5-4-6-14(9-11)17-19-15-8-7-13(12(2)18)10-16(15)20(17)3/h4-10,12H,18H2,1-3H3. The van der Waals surface area contributed by atoms with Gasteiger partial charge in [-0.15, -0.1) is 0 Å². The zero-order chi connectivity index (χ0) is 14.3. The number of nitrogens with two attached hydrogens (primary N) is 1. The van der Waals surface area contributed by atoms with Crippen molar-refractivity contribution in [2.24, 2.45) is 12.8 Å². The second-order valence-electron chi connectivity index (χ2n) is 5.40. The van der Waals surface area contributed by atoms with Crippen LogP contribution in [0.5, 0.6) is 0 Å². The van der Waals surface area contributed by atoms with Crippen molar-refractivity contribution in [3.8, 4) is 11.4 Å². The highest BCUT2D eigenvalue weighted by molar-refractivity contribution is 5.81. The molecular formula is C17H19N3. The highest BCUT2D eigenvalue weighted by Crippen LogP contribution is 2.26. The first-order valence-corrected chi connectivity index (χ1v) is 6.85. The fraction of sp³-hybridized carbons (Fsp3) is 0.235. The zero-order valence-electron chi connectivity index (χ0n) is 12.1. The highest BCUT2D eigenvalue weighted by Gasteiger charge is 2.11. The summed E-state index contributed by atoms with van der Waals surface area (Å²) in [7, 11) is 2.05. The molecule has 1 atom stereocenters. The van der Waals surface area contributed by atoms with E-state index in [0.29, 0.717) is 0 Å². The van der Waals surface area contributed by atoms with Gasteiger partial charge in [0, 0.05) is 18.7 Å². The minimum absolute atomic E-state index is 0.0386. The van der Waals surface area contributed by atoms with E-state index in [1.165, 1.54) is 5.56 Å². The molecule has 0 amide bonds. The van der Waals surface area contributed by atoms with Gasteiger partial charge in [0.15, 0.2) is 0 Å². The quantitative estimate of drug-likeness (QED) is 0.769. The van der Waals surface area contributed by atoms with Crippen LogP contribution in [0, 0.1) is 6.92 Å². The molecule has 3 heteroatoms. The molecular weight excluding hydrogens is 246 g/mol. The van der Waals surface area contributed by atoms with E-state index in [0.717, 1.165) is 28.0 Å². The Balaban J connectivity index is 2.20. The summed E-state index contributed by atoms with van der Waals surface area (Å²) < 4.78 is 2.13. The van der Waals surface area contributed by atoms with Gasteiger partial charge in [-0.1, -0.05) is 29.8 Å². The van der Waals surface area contributed by atoms with E-state index in [2.05, 4.69) is 54.9 Å².